The molecule has 0 heterocycles. The summed E-state index contributed by atoms with van der Waals surface area (Å²) in [4.78, 5) is 12.2. The van der Waals surface area contributed by atoms with Crippen molar-refractivity contribution in [3.8, 4) is 23.0 Å². The maximum absolute atomic E-state index is 12.2. The largest absolute Gasteiger partial charge is 0.508 e. The highest BCUT2D eigenvalue weighted by Crippen LogP contribution is 2.37. The molecule has 0 saturated carbocycles. The van der Waals surface area contributed by atoms with Gasteiger partial charge in [0.1, 0.15) is 11.5 Å². The number of benzene rings is 2. The smallest absolute Gasteiger partial charge is 0.323 e. The Labute approximate surface area is 140 Å². The molecule has 7 heteroatoms. The minimum absolute atomic E-state index is 0.169. The normalized spacial score (nSPS) is 10.0. The predicted octanol–water partition coefficient (Wildman–Crippen LogP) is 3.37. The second kappa shape index (κ2) is 7.45. The average Bonchev–Trinajstić information content (AvgIpc) is 2.57. The van der Waals surface area contributed by atoms with Crippen LogP contribution in [0.2, 0.25) is 0 Å². The van der Waals surface area contributed by atoms with Crippen LogP contribution in [0.15, 0.2) is 30.3 Å². The monoisotopic (exact) mass is 332 g/mol. The summed E-state index contributed by atoms with van der Waals surface area (Å²) in [6.45, 7) is 1.75. The van der Waals surface area contributed by atoms with Gasteiger partial charge < -0.3 is 30.0 Å². The highest BCUT2D eigenvalue weighted by Gasteiger charge is 2.14. The van der Waals surface area contributed by atoms with E-state index in [0.29, 0.717) is 34.2 Å². The summed E-state index contributed by atoms with van der Waals surface area (Å²) in [5.74, 6) is 1.57. The van der Waals surface area contributed by atoms with Gasteiger partial charge in [0.25, 0.3) is 0 Å². The Kier molecular flexibility index (Phi) is 5.36. The Morgan fingerprint density at radius 3 is 2.12 bits per heavy atom. The second-order valence-corrected chi connectivity index (χ2v) is 4.99. The van der Waals surface area contributed by atoms with E-state index in [-0.39, 0.29) is 5.75 Å². The molecule has 0 atom stereocenters. The number of ether oxygens (including phenoxy) is 3. The first kappa shape index (κ1) is 17.3. The van der Waals surface area contributed by atoms with Gasteiger partial charge in [0.2, 0.25) is 0 Å². The maximum Gasteiger partial charge on any atom is 0.323 e. The van der Waals surface area contributed by atoms with Crippen molar-refractivity contribution in [2.75, 3.05) is 32.0 Å². The number of aryl methyl sites for hydroxylation is 1. The standard InChI is InChI=1S/C17H20N2O5/c1-10-7-11(5-6-13(10)20)18-17(21)19-12-8-15(23-3)16(24-4)9-14(12)22-2/h5-9,20H,1-4H3,(H2,18,19,21). The molecule has 0 aliphatic rings. The van der Waals surface area contributed by atoms with Crippen LogP contribution in [0.25, 0.3) is 0 Å². The van der Waals surface area contributed by atoms with E-state index < -0.39 is 6.03 Å². The van der Waals surface area contributed by atoms with E-state index >= 15 is 0 Å². The molecule has 0 aromatic heterocycles. The third kappa shape index (κ3) is 3.81. The molecule has 3 N–H and O–H groups in total. The Balaban J connectivity index is 2.19. The number of hydrogen-bond acceptors (Lipinski definition) is 5. The number of methoxy groups -OCH3 is 3. The van der Waals surface area contributed by atoms with Crippen molar-refractivity contribution in [3.05, 3.63) is 35.9 Å². The minimum Gasteiger partial charge on any atom is -0.508 e. The van der Waals surface area contributed by atoms with Crippen molar-refractivity contribution in [1.29, 1.82) is 0 Å². The number of aromatic hydroxyl groups is 1. The lowest BCUT2D eigenvalue weighted by molar-refractivity contribution is 0.262. The third-order valence-corrected chi connectivity index (χ3v) is 3.41. The van der Waals surface area contributed by atoms with Gasteiger partial charge in [-0.2, -0.15) is 0 Å². The van der Waals surface area contributed by atoms with E-state index in [1.54, 1.807) is 31.2 Å². The van der Waals surface area contributed by atoms with Gasteiger partial charge in [-0.15, -0.1) is 0 Å². The molecular formula is C17H20N2O5. The fourth-order valence-corrected chi connectivity index (χ4v) is 2.14. The van der Waals surface area contributed by atoms with Gasteiger partial charge in [0, 0.05) is 17.8 Å². The van der Waals surface area contributed by atoms with Crippen LogP contribution in [-0.2, 0) is 0 Å². The maximum atomic E-state index is 12.2. The molecule has 0 saturated heterocycles. The fourth-order valence-electron chi connectivity index (χ4n) is 2.14. The summed E-state index contributed by atoms with van der Waals surface area (Å²) >= 11 is 0. The van der Waals surface area contributed by atoms with Crippen molar-refractivity contribution < 1.29 is 24.1 Å². The number of anilines is 2. The van der Waals surface area contributed by atoms with Crippen molar-refractivity contribution in [3.63, 3.8) is 0 Å². The van der Waals surface area contributed by atoms with Crippen LogP contribution in [0.1, 0.15) is 5.56 Å². The first-order valence-electron chi connectivity index (χ1n) is 7.16. The summed E-state index contributed by atoms with van der Waals surface area (Å²) in [5, 5.41) is 14.9. The number of urea groups is 1. The predicted molar refractivity (Wildman–Crippen MR) is 91.6 cm³/mol. The molecule has 0 spiro atoms. The van der Waals surface area contributed by atoms with Gasteiger partial charge in [-0.05, 0) is 30.7 Å². The highest BCUT2D eigenvalue weighted by molar-refractivity contribution is 6.01. The number of nitrogens with one attached hydrogen (secondary N) is 2. The van der Waals surface area contributed by atoms with Crippen molar-refractivity contribution >= 4 is 17.4 Å². The molecule has 2 amide bonds. The summed E-state index contributed by atoms with van der Waals surface area (Å²) in [6, 6.07) is 7.57. The van der Waals surface area contributed by atoms with Crippen LogP contribution >= 0.6 is 0 Å². The molecule has 24 heavy (non-hydrogen) atoms. The van der Waals surface area contributed by atoms with Gasteiger partial charge in [-0.1, -0.05) is 0 Å². The van der Waals surface area contributed by atoms with E-state index in [9.17, 15) is 9.90 Å². The van der Waals surface area contributed by atoms with Crippen molar-refractivity contribution in [2.45, 2.75) is 6.92 Å². The zero-order chi connectivity index (χ0) is 17.7. The first-order chi connectivity index (χ1) is 11.5. The minimum atomic E-state index is -0.453. The Hall–Kier alpha value is -3.09. The van der Waals surface area contributed by atoms with Crippen LogP contribution in [0, 0.1) is 6.92 Å². The number of phenols is 1. The number of rotatable bonds is 5. The molecule has 0 aliphatic heterocycles. The number of carbonyl (C=O) groups is 1. The molecule has 2 rings (SSSR count). The van der Waals surface area contributed by atoms with Gasteiger partial charge in [-0.25, -0.2) is 4.79 Å². The lowest BCUT2D eigenvalue weighted by atomic mass is 10.2. The Morgan fingerprint density at radius 2 is 1.54 bits per heavy atom. The summed E-state index contributed by atoms with van der Waals surface area (Å²) in [6.07, 6.45) is 0. The van der Waals surface area contributed by atoms with E-state index in [2.05, 4.69) is 10.6 Å². The molecule has 7 nitrogen and oxygen atoms in total. The zero-order valence-electron chi connectivity index (χ0n) is 14.0. The van der Waals surface area contributed by atoms with Crippen LogP contribution in [0.3, 0.4) is 0 Å². The molecule has 0 radical (unpaired) electrons. The quantitative estimate of drug-likeness (QED) is 0.731. The Morgan fingerprint density at radius 1 is 0.917 bits per heavy atom. The molecule has 0 fully saturated rings. The molecular weight excluding hydrogens is 312 g/mol. The number of carbonyl (C=O) groups excluding carboxylic acids is 1. The molecule has 0 bridgehead atoms. The van der Waals surface area contributed by atoms with Gasteiger partial charge >= 0.3 is 6.03 Å². The molecule has 0 aliphatic carbocycles. The first-order valence-corrected chi connectivity index (χ1v) is 7.16. The van der Waals surface area contributed by atoms with Crippen molar-refractivity contribution in [1.82, 2.24) is 0 Å². The van der Waals surface area contributed by atoms with E-state index in [4.69, 9.17) is 14.2 Å². The zero-order valence-corrected chi connectivity index (χ0v) is 14.0. The average molecular weight is 332 g/mol. The van der Waals surface area contributed by atoms with Crippen LogP contribution in [-0.4, -0.2) is 32.5 Å². The molecule has 128 valence electrons. The van der Waals surface area contributed by atoms with E-state index in [0.717, 1.165) is 0 Å². The Bertz CT molecular complexity index is 746. The van der Waals surface area contributed by atoms with E-state index in [1.807, 2.05) is 0 Å². The summed E-state index contributed by atoms with van der Waals surface area (Å²) in [5.41, 5.74) is 1.65. The van der Waals surface area contributed by atoms with Gasteiger partial charge in [-0.3, -0.25) is 0 Å². The summed E-state index contributed by atoms with van der Waals surface area (Å²) < 4.78 is 15.7. The molecule has 2 aromatic rings. The van der Waals surface area contributed by atoms with E-state index in [1.165, 1.54) is 27.4 Å². The SMILES string of the molecule is COc1cc(OC)c(OC)cc1NC(=O)Nc1ccc(O)c(C)c1. The fraction of sp³-hybridized carbons (Fsp3) is 0.235. The number of phenolic OH excluding ortho intramolecular Hbond substituents is 1. The summed E-state index contributed by atoms with van der Waals surface area (Å²) in [7, 11) is 4.52. The topological polar surface area (TPSA) is 89.0 Å². The second-order valence-electron chi connectivity index (χ2n) is 4.99. The van der Waals surface area contributed by atoms with Crippen molar-refractivity contribution in [2.24, 2.45) is 0 Å². The number of hydrogen-bond donors (Lipinski definition) is 3. The molecule has 2 aromatic carbocycles. The third-order valence-electron chi connectivity index (χ3n) is 3.41. The van der Waals surface area contributed by atoms with Crippen LogP contribution in [0.4, 0.5) is 16.2 Å². The highest BCUT2D eigenvalue weighted by atomic mass is 16.5. The van der Waals surface area contributed by atoms with Crippen LogP contribution < -0.4 is 24.8 Å². The van der Waals surface area contributed by atoms with Crippen LogP contribution in [0.5, 0.6) is 23.0 Å². The molecule has 0 unspecified atom stereocenters. The van der Waals surface area contributed by atoms with Gasteiger partial charge in [0.15, 0.2) is 11.5 Å². The lowest BCUT2D eigenvalue weighted by Gasteiger charge is -2.15. The number of amides is 2. The van der Waals surface area contributed by atoms with Gasteiger partial charge in [0.05, 0.1) is 27.0 Å². The lowest BCUT2D eigenvalue weighted by Crippen LogP contribution is -2.20.